The summed E-state index contributed by atoms with van der Waals surface area (Å²) in [6.45, 7) is 2.96. The Hall–Kier alpha value is -1.10. The van der Waals surface area contributed by atoms with Crippen LogP contribution in [0.1, 0.15) is 32.1 Å². The normalized spacial score (nSPS) is 29.3. The summed E-state index contributed by atoms with van der Waals surface area (Å²) in [6.07, 6.45) is 4.14. The lowest BCUT2D eigenvalue weighted by atomic mass is 9.96. The van der Waals surface area contributed by atoms with Gasteiger partial charge in [0.25, 0.3) is 0 Å². The number of carbonyl (C=O) groups is 2. The fourth-order valence-corrected chi connectivity index (χ4v) is 3.10. The number of amides is 1. The molecule has 0 radical (unpaired) electrons. The zero-order valence-electron chi connectivity index (χ0n) is 11.6. The highest BCUT2D eigenvalue weighted by atomic mass is 16.4. The molecule has 5 heteroatoms. The Morgan fingerprint density at radius 1 is 1.16 bits per heavy atom. The van der Waals surface area contributed by atoms with Gasteiger partial charge in [-0.25, -0.2) is 0 Å². The van der Waals surface area contributed by atoms with Crippen LogP contribution in [0.2, 0.25) is 0 Å². The molecular weight excluding hydrogens is 244 g/mol. The average Bonchev–Trinajstić information content (AvgIpc) is 2.87. The van der Waals surface area contributed by atoms with E-state index in [1.165, 1.54) is 0 Å². The van der Waals surface area contributed by atoms with Gasteiger partial charge in [0.2, 0.25) is 5.91 Å². The van der Waals surface area contributed by atoms with Gasteiger partial charge in [-0.3, -0.25) is 9.59 Å². The molecule has 0 aromatic rings. The SMILES string of the molecule is CN1CCC(CNC(=O)[C@@H]2CC[C@H](C(=O)O)C2)CC1. The zero-order chi connectivity index (χ0) is 13.8. The quantitative estimate of drug-likeness (QED) is 0.796. The van der Waals surface area contributed by atoms with Crippen molar-refractivity contribution in [2.24, 2.45) is 17.8 Å². The highest BCUT2D eigenvalue weighted by Gasteiger charge is 2.33. The molecule has 0 spiro atoms. The van der Waals surface area contributed by atoms with Crippen LogP contribution < -0.4 is 5.32 Å². The lowest BCUT2D eigenvalue weighted by Gasteiger charge is -2.29. The largest absolute Gasteiger partial charge is 0.481 e. The van der Waals surface area contributed by atoms with E-state index in [2.05, 4.69) is 17.3 Å². The molecule has 0 bridgehead atoms. The molecule has 2 rings (SSSR count). The van der Waals surface area contributed by atoms with Crippen LogP contribution in [0.4, 0.5) is 0 Å². The molecule has 2 aliphatic rings. The molecule has 2 fully saturated rings. The van der Waals surface area contributed by atoms with Gasteiger partial charge in [-0.2, -0.15) is 0 Å². The van der Waals surface area contributed by atoms with Crippen molar-refractivity contribution in [2.45, 2.75) is 32.1 Å². The number of nitrogens with zero attached hydrogens (tertiary/aromatic N) is 1. The minimum absolute atomic E-state index is 0.0580. The fraction of sp³-hybridized carbons (Fsp3) is 0.857. The number of hydrogen-bond donors (Lipinski definition) is 2. The summed E-state index contributed by atoms with van der Waals surface area (Å²) in [6, 6.07) is 0. The van der Waals surface area contributed by atoms with Crippen LogP contribution in [0.3, 0.4) is 0 Å². The zero-order valence-corrected chi connectivity index (χ0v) is 11.6. The van der Waals surface area contributed by atoms with Gasteiger partial charge in [-0.05, 0) is 58.2 Å². The standard InChI is InChI=1S/C14H24N2O3/c1-16-6-4-10(5-7-16)9-15-13(17)11-2-3-12(8-11)14(18)19/h10-12H,2-9H2,1H3,(H,15,17)(H,18,19)/t11-,12+/m1/s1. The van der Waals surface area contributed by atoms with Crippen LogP contribution in [0.5, 0.6) is 0 Å². The van der Waals surface area contributed by atoms with E-state index in [-0.39, 0.29) is 17.7 Å². The number of nitrogens with one attached hydrogen (secondary N) is 1. The molecule has 2 atom stereocenters. The molecule has 1 aliphatic carbocycles. The third-order valence-electron chi connectivity index (χ3n) is 4.56. The molecule has 1 saturated carbocycles. The first-order valence-electron chi connectivity index (χ1n) is 7.25. The summed E-state index contributed by atoms with van der Waals surface area (Å²) in [5.74, 6) is -0.531. The lowest BCUT2D eigenvalue weighted by molar-refractivity contribution is -0.141. The Morgan fingerprint density at radius 3 is 2.37 bits per heavy atom. The van der Waals surface area contributed by atoms with Crippen molar-refractivity contribution in [1.82, 2.24) is 10.2 Å². The van der Waals surface area contributed by atoms with Crippen molar-refractivity contribution in [1.29, 1.82) is 0 Å². The minimum Gasteiger partial charge on any atom is -0.481 e. The number of likely N-dealkylation sites (tertiary alicyclic amines) is 1. The first kappa shape index (κ1) is 14.3. The Bertz CT molecular complexity index is 338. The third kappa shape index (κ3) is 3.93. The van der Waals surface area contributed by atoms with E-state index in [4.69, 9.17) is 5.11 Å². The van der Waals surface area contributed by atoms with Crippen LogP contribution in [-0.2, 0) is 9.59 Å². The smallest absolute Gasteiger partial charge is 0.306 e. The molecule has 0 aromatic heterocycles. The number of aliphatic carboxylic acids is 1. The second-order valence-corrected chi connectivity index (χ2v) is 6.04. The van der Waals surface area contributed by atoms with Crippen molar-refractivity contribution in [3.8, 4) is 0 Å². The number of carbonyl (C=O) groups excluding carboxylic acids is 1. The van der Waals surface area contributed by atoms with Crippen LogP contribution in [0.25, 0.3) is 0 Å². The summed E-state index contributed by atoms with van der Waals surface area (Å²) >= 11 is 0. The van der Waals surface area contributed by atoms with Gasteiger partial charge in [-0.1, -0.05) is 0 Å². The molecule has 5 nitrogen and oxygen atoms in total. The average molecular weight is 268 g/mol. The van der Waals surface area contributed by atoms with E-state index >= 15 is 0 Å². The van der Waals surface area contributed by atoms with E-state index in [0.29, 0.717) is 18.8 Å². The summed E-state index contributed by atoms with van der Waals surface area (Å²) < 4.78 is 0. The Kier molecular flexibility index (Phi) is 4.80. The lowest BCUT2D eigenvalue weighted by Crippen LogP contribution is -2.38. The van der Waals surface area contributed by atoms with Crippen molar-refractivity contribution < 1.29 is 14.7 Å². The Labute approximate surface area is 114 Å². The first-order valence-corrected chi connectivity index (χ1v) is 7.25. The van der Waals surface area contributed by atoms with E-state index in [0.717, 1.165) is 38.9 Å². The molecule has 1 amide bonds. The number of piperidine rings is 1. The maximum absolute atomic E-state index is 12.0. The maximum atomic E-state index is 12.0. The van der Waals surface area contributed by atoms with Crippen LogP contribution in [0.15, 0.2) is 0 Å². The predicted molar refractivity (Wildman–Crippen MR) is 71.7 cm³/mol. The van der Waals surface area contributed by atoms with E-state index in [9.17, 15) is 9.59 Å². The van der Waals surface area contributed by atoms with Gasteiger partial charge in [0.15, 0.2) is 0 Å². The number of rotatable bonds is 4. The van der Waals surface area contributed by atoms with Crippen molar-refractivity contribution in [3.63, 3.8) is 0 Å². The van der Waals surface area contributed by atoms with Gasteiger partial charge >= 0.3 is 5.97 Å². The van der Waals surface area contributed by atoms with Crippen LogP contribution in [-0.4, -0.2) is 48.6 Å². The Morgan fingerprint density at radius 2 is 1.79 bits per heavy atom. The number of hydrogen-bond acceptors (Lipinski definition) is 3. The molecule has 1 aliphatic heterocycles. The van der Waals surface area contributed by atoms with Crippen molar-refractivity contribution in [2.75, 3.05) is 26.7 Å². The second kappa shape index (κ2) is 6.37. The molecule has 2 N–H and O–H groups in total. The molecule has 1 saturated heterocycles. The maximum Gasteiger partial charge on any atom is 0.306 e. The minimum atomic E-state index is -0.759. The van der Waals surface area contributed by atoms with Crippen LogP contribution >= 0.6 is 0 Å². The van der Waals surface area contributed by atoms with E-state index in [1.54, 1.807) is 0 Å². The second-order valence-electron chi connectivity index (χ2n) is 6.04. The molecule has 19 heavy (non-hydrogen) atoms. The number of carboxylic acids is 1. The summed E-state index contributed by atoms with van der Waals surface area (Å²) in [5.41, 5.74) is 0. The summed E-state index contributed by atoms with van der Waals surface area (Å²) in [7, 11) is 2.12. The molecule has 0 unspecified atom stereocenters. The molecular formula is C14H24N2O3. The van der Waals surface area contributed by atoms with Gasteiger partial charge in [-0.15, -0.1) is 0 Å². The first-order chi connectivity index (χ1) is 9.06. The summed E-state index contributed by atoms with van der Waals surface area (Å²) in [4.78, 5) is 25.2. The molecule has 108 valence electrons. The summed E-state index contributed by atoms with van der Waals surface area (Å²) in [5, 5.41) is 12.0. The van der Waals surface area contributed by atoms with Gasteiger partial charge in [0.05, 0.1) is 5.92 Å². The highest BCUT2D eigenvalue weighted by molar-refractivity contribution is 5.80. The van der Waals surface area contributed by atoms with E-state index < -0.39 is 5.97 Å². The number of carboxylic acid groups (broad SMARTS) is 1. The van der Waals surface area contributed by atoms with E-state index in [1.807, 2.05) is 0 Å². The Balaban J connectivity index is 1.69. The van der Waals surface area contributed by atoms with Crippen molar-refractivity contribution in [3.05, 3.63) is 0 Å². The predicted octanol–water partition coefficient (Wildman–Crippen LogP) is 0.945. The van der Waals surface area contributed by atoms with Gasteiger partial charge < -0.3 is 15.3 Å². The monoisotopic (exact) mass is 268 g/mol. The molecule has 0 aromatic carbocycles. The van der Waals surface area contributed by atoms with Crippen molar-refractivity contribution >= 4 is 11.9 Å². The topological polar surface area (TPSA) is 69.6 Å². The highest BCUT2D eigenvalue weighted by Crippen LogP contribution is 2.31. The molecule has 1 heterocycles. The van der Waals surface area contributed by atoms with Gasteiger partial charge in [0.1, 0.15) is 0 Å². The fourth-order valence-electron chi connectivity index (χ4n) is 3.10. The third-order valence-corrected chi connectivity index (χ3v) is 4.56. The van der Waals surface area contributed by atoms with Crippen LogP contribution in [0, 0.1) is 17.8 Å². The van der Waals surface area contributed by atoms with Gasteiger partial charge in [0, 0.05) is 12.5 Å².